The number of aryl methyl sites for hydroxylation is 1. The van der Waals surface area contributed by atoms with Gasteiger partial charge in [0.25, 0.3) is 5.91 Å². The smallest absolute Gasteiger partial charge is 0.326 e. The van der Waals surface area contributed by atoms with Gasteiger partial charge in [-0.1, -0.05) is 20.8 Å². The summed E-state index contributed by atoms with van der Waals surface area (Å²) in [5, 5.41) is 11.5. The molecule has 0 heterocycles. The van der Waals surface area contributed by atoms with E-state index < -0.39 is 29.2 Å². The third-order valence-electron chi connectivity index (χ3n) is 2.69. The van der Waals surface area contributed by atoms with Gasteiger partial charge in [-0.3, -0.25) is 4.79 Å². The van der Waals surface area contributed by atoms with Crippen molar-refractivity contribution in [3.8, 4) is 0 Å². The van der Waals surface area contributed by atoms with E-state index in [-0.39, 0.29) is 5.56 Å². The lowest BCUT2D eigenvalue weighted by Gasteiger charge is -2.27. The van der Waals surface area contributed by atoms with Gasteiger partial charge in [0.1, 0.15) is 11.9 Å². The Bertz CT molecular complexity index is 486. The summed E-state index contributed by atoms with van der Waals surface area (Å²) >= 11 is 0. The minimum atomic E-state index is -1.12. The lowest BCUT2D eigenvalue weighted by molar-refractivity contribution is -0.142. The Morgan fingerprint density at radius 1 is 1.26 bits per heavy atom. The van der Waals surface area contributed by atoms with E-state index in [2.05, 4.69) is 5.32 Å². The number of carboxylic acids is 1. The van der Waals surface area contributed by atoms with Crippen LogP contribution in [0.3, 0.4) is 0 Å². The van der Waals surface area contributed by atoms with E-state index in [0.717, 1.165) is 6.07 Å². The monoisotopic (exact) mass is 267 g/mol. The number of carbonyl (C=O) groups excluding carboxylic acids is 1. The molecule has 0 aliphatic heterocycles. The number of nitrogens with one attached hydrogen (secondary N) is 1. The summed E-state index contributed by atoms with van der Waals surface area (Å²) in [5.41, 5.74) is 0.0879. The Kier molecular flexibility index (Phi) is 4.29. The zero-order valence-electron chi connectivity index (χ0n) is 11.5. The van der Waals surface area contributed by atoms with Crippen LogP contribution in [-0.4, -0.2) is 23.0 Å². The van der Waals surface area contributed by atoms with Crippen LogP contribution in [0.5, 0.6) is 0 Å². The van der Waals surface area contributed by atoms with Crippen molar-refractivity contribution in [1.82, 2.24) is 5.32 Å². The first-order chi connectivity index (χ1) is 8.61. The van der Waals surface area contributed by atoms with Crippen molar-refractivity contribution in [2.24, 2.45) is 5.41 Å². The molecule has 5 heteroatoms. The highest BCUT2D eigenvalue weighted by molar-refractivity contribution is 5.96. The van der Waals surface area contributed by atoms with Crippen LogP contribution >= 0.6 is 0 Å². The summed E-state index contributed by atoms with van der Waals surface area (Å²) in [7, 11) is 0. The topological polar surface area (TPSA) is 66.4 Å². The zero-order chi connectivity index (χ0) is 14.8. The molecule has 0 saturated carbocycles. The van der Waals surface area contributed by atoms with Gasteiger partial charge in [0.05, 0.1) is 0 Å². The third-order valence-corrected chi connectivity index (χ3v) is 2.69. The Morgan fingerprint density at radius 3 is 2.26 bits per heavy atom. The largest absolute Gasteiger partial charge is 0.480 e. The molecule has 1 aromatic carbocycles. The fraction of sp³-hybridized carbons (Fsp3) is 0.429. The number of carbonyl (C=O) groups is 2. The number of halogens is 1. The summed E-state index contributed by atoms with van der Waals surface area (Å²) < 4.78 is 13.2. The minimum absolute atomic E-state index is 0.119. The molecule has 0 aromatic heterocycles. The van der Waals surface area contributed by atoms with Gasteiger partial charge >= 0.3 is 5.97 Å². The highest BCUT2D eigenvalue weighted by Crippen LogP contribution is 2.20. The van der Waals surface area contributed by atoms with Gasteiger partial charge in [0, 0.05) is 5.56 Å². The molecule has 1 amide bonds. The lowest BCUT2D eigenvalue weighted by atomic mass is 9.86. The van der Waals surface area contributed by atoms with Crippen LogP contribution in [0.15, 0.2) is 18.2 Å². The molecule has 0 aliphatic rings. The van der Waals surface area contributed by atoms with Crippen LogP contribution in [0.1, 0.15) is 36.7 Å². The summed E-state index contributed by atoms with van der Waals surface area (Å²) in [6.45, 7) is 6.80. The molecule has 0 aliphatic carbocycles. The fourth-order valence-electron chi connectivity index (χ4n) is 1.73. The number of benzene rings is 1. The fourth-order valence-corrected chi connectivity index (χ4v) is 1.73. The van der Waals surface area contributed by atoms with Gasteiger partial charge in [-0.05, 0) is 36.1 Å². The Hall–Kier alpha value is -1.91. The first kappa shape index (κ1) is 15.1. The maximum Gasteiger partial charge on any atom is 0.326 e. The van der Waals surface area contributed by atoms with E-state index in [4.69, 9.17) is 5.11 Å². The summed E-state index contributed by atoms with van der Waals surface area (Å²) in [4.78, 5) is 23.1. The average molecular weight is 267 g/mol. The van der Waals surface area contributed by atoms with Crippen molar-refractivity contribution >= 4 is 11.9 Å². The predicted molar refractivity (Wildman–Crippen MR) is 69.5 cm³/mol. The standard InChI is InChI=1S/C14H18FNO3/c1-8-5-9(7-10(15)6-8)12(17)16-11(13(18)19)14(2,3)4/h5-7,11H,1-4H3,(H,16,17)(H,18,19)/t11-/m0/s1. The van der Waals surface area contributed by atoms with Gasteiger partial charge in [0.15, 0.2) is 0 Å². The lowest BCUT2D eigenvalue weighted by Crippen LogP contribution is -2.49. The first-order valence-corrected chi connectivity index (χ1v) is 5.92. The van der Waals surface area contributed by atoms with E-state index in [1.54, 1.807) is 27.7 Å². The van der Waals surface area contributed by atoms with Crippen molar-refractivity contribution in [3.05, 3.63) is 35.1 Å². The van der Waals surface area contributed by atoms with Crippen LogP contribution in [0, 0.1) is 18.2 Å². The van der Waals surface area contributed by atoms with E-state index in [1.807, 2.05) is 0 Å². The second-order valence-corrected chi connectivity index (χ2v) is 5.63. The molecular formula is C14H18FNO3. The molecule has 0 radical (unpaired) electrons. The molecule has 0 spiro atoms. The Balaban J connectivity index is 2.97. The number of aliphatic carboxylic acids is 1. The number of amides is 1. The molecule has 1 atom stereocenters. The summed E-state index contributed by atoms with van der Waals surface area (Å²) in [5.74, 6) is -2.23. The minimum Gasteiger partial charge on any atom is -0.480 e. The number of rotatable bonds is 3. The van der Waals surface area contributed by atoms with E-state index in [0.29, 0.717) is 5.56 Å². The van der Waals surface area contributed by atoms with Gasteiger partial charge in [0.2, 0.25) is 0 Å². The maximum absolute atomic E-state index is 13.2. The number of carboxylic acid groups (broad SMARTS) is 1. The molecule has 4 nitrogen and oxygen atoms in total. The van der Waals surface area contributed by atoms with Gasteiger partial charge in [-0.15, -0.1) is 0 Å². The molecule has 1 rings (SSSR count). The number of hydrogen-bond donors (Lipinski definition) is 2. The molecule has 0 unspecified atom stereocenters. The SMILES string of the molecule is Cc1cc(F)cc(C(=O)N[C@@H](C(=O)O)C(C)(C)C)c1. The quantitative estimate of drug-likeness (QED) is 0.883. The van der Waals surface area contributed by atoms with Gasteiger partial charge < -0.3 is 10.4 Å². The molecule has 0 saturated heterocycles. The number of hydrogen-bond acceptors (Lipinski definition) is 2. The molecule has 104 valence electrons. The van der Waals surface area contributed by atoms with Crippen molar-refractivity contribution in [2.45, 2.75) is 33.7 Å². The Labute approximate surface area is 111 Å². The molecular weight excluding hydrogens is 249 g/mol. The third kappa shape index (κ3) is 4.05. The van der Waals surface area contributed by atoms with E-state index >= 15 is 0 Å². The van der Waals surface area contributed by atoms with Crippen LogP contribution in [-0.2, 0) is 4.79 Å². The van der Waals surface area contributed by atoms with Crippen LogP contribution < -0.4 is 5.32 Å². The van der Waals surface area contributed by atoms with Crippen molar-refractivity contribution in [1.29, 1.82) is 0 Å². The highest BCUT2D eigenvalue weighted by Gasteiger charge is 2.32. The molecule has 0 bridgehead atoms. The van der Waals surface area contributed by atoms with Crippen LogP contribution in [0.2, 0.25) is 0 Å². The summed E-state index contributed by atoms with van der Waals surface area (Å²) in [6, 6.07) is 2.86. The predicted octanol–water partition coefficient (Wildman–Crippen LogP) is 2.36. The second kappa shape index (κ2) is 5.38. The van der Waals surface area contributed by atoms with Crippen LogP contribution in [0.4, 0.5) is 4.39 Å². The maximum atomic E-state index is 13.2. The molecule has 19 heavy (non-hydrogen) atoms. The second-order valence-electron chi connectivity index (χ2n) is 5.63. The highest BCUT2D eigenvalue weighted by atomic mass is 19.1. The van der Waals surface area contributed by atoms with Gasteiger partial charge in [-0.2, -0.15) is 0 Å². The summed E-state index contributed by atoms with van der Waals surface area (Å²) in [6.07, 6.45) is 0. The van der Waals surface area contributed by atoms with Gasteiger partial charge in [-0.25, -0.2) is 9.18 Å². The zero-order valence-corrected chi connectivity index (χ0v) is 11.5. The molecule has 1 aromatic rings. The van der Waals surface area contributed by atoms with Crippen molar-refractivity contribution in [3.63, 3.8) is 0 Å². The van der Waals surface area contributed by atoms with E-state index in [1.165, 1.54) is 12.1 Å². The first-order valence-electron chi connectivity index (χ1n) is 5.92. The molecule has 0 fully saturated rings. The molecule has 2 N–H and O–H groups in total. The normalized spacial score (nSPS) is 12.9. The van der Waals surface area contributed by atoms with E-state index in [9.17, 15) is 14.0 Å². The van der Waals surface area contributed by atoms with Crippen molar-refractivity contribution in [2.75, 3.05) is 0 Å². The van der Waals surface area contributed by atoms with Crippen LogP contribution in [0.25, 0.3) is 0 Å². The average Bonchev–Trinajstić information content (AvgIpc) is 2.21. The Morgan fingerprint density at radius 2 is 1.84 bits per heavy atom. The van der Waals surface area contributed by atoms with Crippen molar-refractivity contribution < 1.29 is 19.1 Å².